The van der Waals surface area contributed by atoms with Crippen LogP contribution in [0.15, 0.2) is 36.8 Å². The first-order chi connectivity index (χ1) is 7.66. The molecule has 0 aliphatic heterocycles. The lowest BCUT2D eigenvalue weighted by molar-refractivity contribution is 0.426. The fourth-order valence-corrected chi connectivity index (χ4v) is 1.60. The molecule has 0 radical (unpaired) electrons. The van der Waals surface area contributed by atoms with Gasteiger partial charge in [-0.05, 0) is 17.6 Å². The first-order valence-corrected chi connectivity index (χ1v) is 4.97. The van der Waals surface area contributed by atoms with Gasteiger partial charge in [0.1, 0.15) is 0 Å². The van der Waals surface area contributed by atoms with Crippen LogP contribution in [0.25, 0.3) is 11.3 Å². The van der Waals surface area contributed by atoms with Crippen LogP contribution < -0.4 is 5.46 Å². The fraction of sp³-hybridized carbons (Fsp3) is 0. The van der Waals surface area contributed by atoms with Crippen LogP contribution in [0.1, 0.15) is 0 Å². The minimum Gasteiger partial charge on any atom is -0.423 e. The minimum atomic E-state index is -1.55. The maximum atomic E-state index is 9.08. The van der Waals surface area contributed by atoms with E-state index in [1.807, 2.05) is 0 Å². The summed E-state index contributed by atoms with van der Waals surface area (Å²) >= 11 is 5.87. The summed E-state index contributed by atoms with van der Waals surface area (Å²) in [7, 11) is -1.55. The van der Waals surface area contributed by atoms with E-state index in [1.165, 1.54) is 6.07 Å². The molecule has 0 saturated carbocycles. The summed E-state index contributed by atoms with van der Waals surface area (Å²) in [5.41, 5.74) is 1.66. The Bertz CT molecular complexity index is 493. The standard InChI is InChI=1S/C10H8BClN2O2/c12-9-4-7(3-8(5-9)11(15)16)10-6-13-1-2-14-10/h1-6,15-16H. The third-order valence-corrected chi connectivity index (χ3v) is 2.30. The average molecular weight is 234 g/mol. The molecule has 0 amide bonds. The smallest absolute Gasteiger partial charge is 0.423 e. The van der Waals surface area contributed by atoms with Crippen LogP contribution in [0.2, 0.25) is 5.02 Å². The highest BCUT2D eigenvalue weighted by molar-refractivity contribution is 6.59. The zero-order valence-electron chi connectivity index (χ0n) is 8.21. The lowest BCUT2D eigenvalue weighted by Crippen LogP contribution is -2.29. The van der Waals surface area contributed by atoms with Crippen LogP contribution in [0, 0.1) is 0 Å². The van der Waals surface area contributed by atoms with Gasteiger partial charge in [0.25, 0.3) is 0 Å². The number of benzene rings is 1. The second-order valence-electron chi connectivity index (χ2n) is 3.24. The normalized spacial score (nSPS) is 10.2. The largest absolute Gasteiger partial charge is 0.488 e. The molecule has 4 nitrogen and oxygen atoms in total. The van der Waals surface area contributed by atoms with E-state index in [-0.39, 0.29) is 0 Å². The molecule has 0 bridgehead atoms. The van der Waals surface area contributed by atoms with E-state index in [2.05, 4.69) is 9.97 Å². The molecular weight excluding hydrogens is 226 g/mol. The summed E-state index contributed by atoms with van der Waals surface area (Å²) in [6, 6.07) is 4.80. The molecule has 6 heteroatoms. The van der Waals surface area contributed by atoms with Gasteiger partial charge in [-0.15, -0.1) is 0 Å². The highest BCUT2D eigenvalue weighted by Crippen LogP contribution is 2.18. The maximum Gasteiger partial charge on any atom is 0.488 e. The molecule has 0 aliphatic carbocycles. The molecule has 2 N–H and O–H groups in total. The molecule has 0 fully saturated rings. The molecule has 0 aliphatic rings. The number of hydrogen-bond donors (Lipinski definition) is 2. The van der Waals surface area contributed by atoms with Crippen molar-refractivity contribution in [3.05, 3.63) is 41.8 Å². The monoisotopic (exact) mass is 234 g/mol. The molecular formula is C10H8BClN2O2. The highest BCUT2D eigenvalue weighted by atomic mass is 35.5. The number of hydrogen-bond acceptors (Lipinski definition) is 4. The Morgan fingerprint density at radius 2 is 1.94 bits per heavy atom. The molecule has 80 valence electrons. The van der Waals surface area contributed by atoms with Crippen molar-refractivity contribution in [2.24, 2.45) is 0 Å². The van der Waals surface area contributed by atoms with Crippen molar-refractivity contribution >= 4 is 24.2 Å². The molecule has 2 aromatic rings. The number of nitrogens with zero attached hydrogens (tertiary/aromatic N) is 2. The Balaban J connectivity index is 2.50. The molecule has 16 heavy (non-hydrogen) atoms. The molecule has 1 aromatic carbocycles. The van der Waals surface area contributed by atoms with E-state index in [0.29, 0.717) is 21.7 Å². The lowest BCUT2D eigenvalue weighted by Gasteiger charge is -2.05. The first-order valence-electron chi connectivity index (χ1n) is 4.60. The third kappa shape index (κ3) is 2.39. The van der Waals surface area contributed by atoms with E-state index in [9.17, 15) is 0 Å². The predicted octanol–water partition coefficient (Wildman–Crippen LogP) is 0.477. The average Bonchev–Trinajstić information content (AvgIpc) is 2.29. The van der Waals surface area contributed by atoms with Crippen molar-refractivity contribution in [3.63, 3.8) is 0 Å². The Hall–Kier alpha value is -1.43. The van der Waals surface area contributed by atoms with Crippen LogP contribution in [0.4, 0.5) is 0 Å². The number of rotatable bonds is 2. The summed E-state index contributed by atoms with van der Waals surface area (Å²) in [5, 5.41) is 18.6. The van der Waals surface area contributed by atoms with Crippen molar-refractivity contribution in [2.45, 2.75) is 0 Å². The summed E-state index contributed by atoms with van der Waals surface area (Å²) in [6.07, 6.45) is 4.71. The van der Waals surface area contributed by atoms with Gasteiger partial charge in [0.05, 0.1) is 11.9 Å². The minimum absolute atomic E-state index is 0.327. The molecule has 0 spiro atoms. The topological polar surface area (TPSA) is 66.2 Å². The Labute approximate surface area is 97.7 Å². The second kappa shape index (κ2) is 4.61. The fourth-order valence-electron chi connectivity index (χ4n) is 1.36. The van der Waals surface area contributed by atoms with Gasteiger partial charge in [-0.25, -0.2) is 0 Å². The molecule has 0 saturated heterocycles. The van der Waals surface area contributed by atoms with Gasteiger partial charge in [-0.3, -0.25) is 9.97 Å². The van der Waals surface area contributed by atoms with Crippen LogP contribution in [0.3, 0.4) is 0 Å². The second-order valence-corrected chi connectivity index (χ2v) is 3.67. The van der Waals surface area contributed by atoms with Gasteiger partial charge in [0.2, 0.25) is 0 Å². The predicted molar refractivity (Wildman–Crippen MR) is 62.3 cm³/mol. The van der Waals surface area contributed by atoms with Crippen LogP contribution in [0.5, 0.6) is 0 Å². The number of halogens is 1. The van der Waals surface area contributed by atoms with Crippen LogP contribution in [-0.2, 0) is 0 Å². The summed E-state index contributed by atoms with van der Waals surface area (Å²) in [4.78, 5) is 8.04. The molecule has 1 heterocycles. The van der Waals surface area contributed by atoms with Gasteiger partial charge in [-0.1, -0.05) is 17.7 Å². The van der Waals surface area contributed by atoms with Crippen molar-refractivity contribution in [2.75, 3.05) is 0 Å². The summed E-state index contributed by atoms with van der Waals surface area (Å²) in [5.74, 6) is 0. The van der Waals surface area contributed by atoms with E-state index >= 15 is 0 Å². The Morgan fingerprint density at radius 1 is 1.12 bits per heavy atom. The Kier molecular flexibility index (Phi) is 3.19. The van der Waals surface area contributed by atoms with Gasteiger partial charge in [0.15, 0.2) is 0 Å². The molecule has 1 aromatic heterocycles. The van der Waals surface area contributed by atoms with Gasteiger partial charge >= 0.3 is 7.12 Å². The highest BCUT2D eigenvalue weighted by Gasteiger charge is 2.13. The maximum absolute atomic E-state index is 9.08. The molecule has 0 unspecified atom stereocenters. The van der Waals surface area contributed by atoms with Crippen LogP contribution >= 0.6 is 11.6 Å². The van der Waals surface area contributed by atoms with Crippen molar-refractivity contribution in [1.82, 2.24) is 9.97 Å². The van der Waals surface area contributed by atoms with Gasteiger partial charge in [-0.2, -0.15) is 0 Å². The third-order valence-electron chi connectivity index (χ3n) is 2.08. The van der Waals surface area contributed by atoms with Gasteiger partial charge < -0.3 is 10.0 Å². The number of aromatic nitrogens is 2. The van der Waals surface area contributed by atoms with Crippen molar-refractivity contribution in [1.29, 1.82) is 0 Å². The van der Waals surface area contributed by atoms with Gasteiger partial charge in [0, 0.05) is 23.0 Å². The van der Waals surface area contributed by atoms with E-state index < -0.39 is 7.12 Å². The summed E-state index contributed by atoms with van der Waals surface area (Å²) < 4.78 is 0. The lowest BCUT2D eigenvalue weighted by atomic mass is 9.79. The van der Waals surface area contributed by atoms with Crippen LogP contribution in [-0.4, -0.2) is 27.1 Å². The molecule has 2 rings (SSSR count). The molecule has 0 atom stereocenters. The summed E-state index contributed by atoms with van der Waals surface area (Å²) in [6.45, 7) is 0. The van der Waals surface area contributed by atoms with E-state index in [4.69, 9.17) is 21.6 Å². The van der Waals surface area contributed by atoms with E-state index in [0.717, 1.165) is 0 Å². The first kappa shape index (κ1) is 11.1. The zero-order chi connectivity index (χ0) is 11.5. The SMILES string of the molecule is OB(O)c1cc(Cl)cc(-c2cnccn2)c1. The van der Waals surface area contributed by atoms with Crippen molar-refractivity contribution < 1.29 is 10.0 Å². The zero-order valence-corrected chi connectivity index (χ0v) is 8.96. The van der Waals surface area contributed by atoms with E-state index in [1.54, 1.807) is 30.7 Å². The Morgan fingerprint density at radius 3 is 2.56 bits per heavy atom. The quantitative estimate of drug-likeness (QED) is 0.742. The van der Waals surface area contributed by atoms with Crippen molar-refractivity contribution in [3.8, 4) is 11.3 Å².